The van der Waals surface area contributed by atoms with Crippen molar-refractivity contribution in [1.82, 2.24) is 0 Å². The molecule has 0 fully saturated rings. The molecule has 2 heteroatoms. The number of hydrogen-bond acceptors (Lipinski definition) is 2. The largest absolute Gasteiger partial charge is 0.494 e. The second-order valence-corrected chi connectivity index (χ2v) is 15.6. The highest BCUT2D eigenvalue weighted by molar-refractivity contribution is 5.87. The lowest BCUT2D eigenvalue weighted by Crippen LogP contribution is -2.29. The maximum Gasteiger partial charge on any atom is 0.119 e. The molecule has 250 valence electrons. The first-order valence-corrected chi connectivity index (χ1v) is 18.3. The number of ether oxygens (including phenoxy) is 2. The van der Waals surface area contributed by atoms with Crippen LogP contribution in [0, 0.1) is 0 Å². The molecule has 0 saturated heterocycles. The first-order valence-electron chi connectivity index (χ1n) is 18.3. The van der Waals surface area contributed by atoms with Crippen molar-refractivity contribution >= 4 is 0 Å². The first kappa shape index (κ1) is 34.8. The van der Waals surface area contributed by atoms with Gasteiger partial charge in [-0.25, -0.2) is 0 Å². The van der Waals surface area contributed by atoms with Gasteiger partial charge in [-0.3, -0.25) is 0 Å². The van der Waals surface area contributed by atoms with Crippen LogP contribution in [0.5, 0.6) is 11.5 Å². The van der Waals surface area contributed by atoms with Gasteiger partial charge < -0.3 is 9.47 Å². The molecule has 0 bridgehead atoms. The summed E-state index contributed by atoms with van der Waals surface area (Å²) in [4.78, 5) is 0. The summed E-state index contributed by atoms with van der Waals surface area (Å²) >= 11 is 0. The van der Waals surface area contributed by atoms with E-state index in [4.69, 9.17) is 9.47 Å². The topological polar surface area (TPSA) is 18.5 Å². The van der Waals surface area contributed by atoms with Crippen molar-refractivity contribution in [3.8, 4) is 22.6 Å². The van der Waals surface area contributed by atoms with E-state index in [9.17, 15) is 0 Å². The summed E-state index contributed by atoms with van der Waals surface area (Å²) in [6, 6.07) is 32.4. The number of rotatable bonds is 14. The molecule has 4 aromatic carbocycles. The summed E-state index contributed by atoms with van der Waals surface area (Å²) in [7, 11) is 0. The maximum absolute atomic E-state index is 6.24. The van der Waals surface area contributed by atoms with Gasteiger partial charge in [-0.2, -0.15) is 0 Å². The van der Waals surface area contributed by atoms with Gasteiger partial charge in [-0.15, -0.1) is 0 Å². The van der Waals surface area contributed by atoms with Gasteiger partial charge in [0.15, 0.2) is 0 Å². The van der Waals surface area contributed by atoms with Gasteiger partial charge >= 0.3 is 0 Å². The van der Waals surface area contributed by atoms with E-state index in [2.05, 4.69) is 140 Å². The van der Waals surface area contributed by atoms with Gasteiger partial charge in [0.25, 0.3) is 0 Å². The number of benzene rings is 4. The summed E-state index contributed by atoms with van der Waals surface area (Å²) in [5, 5.41) is 0. The average Bonchev–Trinajstić information content (AvgIpc) is 3.34. The van der Waals surface area contributed by atoms with Crippen LogP contribution in [0.4, 0.5) is 0 Å². The molecule has 4 aromatic rings. The van der Waals surface area contributed by atoms with Crippen LogP contribution in [0.3, 0.4) is 0 Å². The summed E-state index contributed by atoms with van der Waals surface area (Å²) < 4.78 is 12.5. The molecule has 0 amide bonds. The zero-order valence-corrected chi connectivity index (χ0v) is 30.5. The van der Waals surface area contributed by atoms with E-state index in [0.717, 1.165) is 37.6 Å². The van der Waals surface area contributed by atoms with Crippen LogP contribution in [0.1, 0.15) is 140 Å². The zero-order valence-electron chi connectivity index (χ0n) is 30.5. The highest BCUT2D eigenvalue weighted by Crippen LogP contribution is 2.57. The second-order valence-electron chi connectivity index (χ2n) is 15.6. The molecule has 1 aliphatic rings. The van der Waals surface area contributed by atoms with Gasteiger partial charge in [0, 0.05) is 0 Å². The Hall–Kier alpha value is -3.52. The van der Waals surface area contributed by atoms with Crippen LogP contribution < -0.4 is 9.47 Å². The second kappa shape index (κ2) is 14.7. The molecular weight excluding hydrogens is 572 g/mol. The van der Waals surface area contributed by atoms with E-state index in [-0.39, 0.29) is 10.8 Å². The standard InChI is InChI=1S/C45H58O2/c1-9-11-13-15-29-46-37-23-17-33(18-24-37)45(34-19-25-38(26-20-34)47-30-16-14-12-10-2)41-31-35(43(3,4)5)21-27-39(41)40-28-22-36(32-42(40)45)44(6,7)8/h17-28,31-32H,9-16,29-30H2,1-8H3. The Morgan fingerprint density at radius 3 is 1.19 bits per heavy atom. The maximum atomic E-state index is 6.24. The predicted molar refractivity (Wildman–Crippen MR) is 200 cm³/mol. The van der Waals surface area contributed by atoms with Gasteiger partial charge in [0.2, 0.25) is 0 Å². The normalized spacial score (nSPS) is 13.7. The van der Waals surface area contributed by atoms with Gasteiger partial charge in [0.1, 0.15) is 11.5 Å². The minimum atomic E-state index is -0.480. The third-order valence-corrected chi connectivity index (χ3v) is 9.98. The van der Waals surface area contributed by atoms with Crippen molar-refractivity contribution in [2.24, 2.45) is 0 Å². The Bertz CT molecular complexity index is 1470. The highest BCUT2D eigenvalue weighted by atomic mass is 16.5. The van der Waals surface area contributed by atoms with Crippen molar-refractivity contribution in [1.29, 1.82) is 0 Å². The third-order valence-electron chi connectivity index (χ3n) is 9.98. The molecule has 0 saturated carbocycles. The smallest absolute Gasteiger partial charge is 0.119 e. The van der Waals surface area contributed by atoms with Crippen molar-refractivity contribution in [2.45, 2.75) is 123 Å². The SMILES string of the molecule is CCCCCCOc1ccc(C2(c3ccc(OCCCCCC)cc3)c3cc(C(C)(C)C)ccc3-c3ccc(C(C)(C)C)cc32)cc1. The minimum absolute atomic E-state index is 0.0249. The molecule has 0 spiro atoms. The Morgan fingerprint density at radius 1 is 0.468 bits per heavy atom. The average molecular weight is 631 g/mol. The molecule has 0 N–H and O–H groups in total. The molecule has 47 heavy (non-hydrogen) atoms. The Morgan fingerprint density at radius 2 is 0.851 bits per heavy atom. The van der Waals surface area contributed by atoms with Gasteiger partial charge in [-0.1, -0.05) is 155 Å². The van der Waals surface area contributed by atoms with E-state index in [1.165, 1.54) is 83.0 Å². The van der Waals surface area contributed by atoms with E-state index in [0.29, 0.717) is 0 Å². The van der Waals surface area contributed by atoms with Crippen molar-refractivity contribution in [3.63, 3.8) is 0 Å². The molecule has 0 aliphatic heterocycles. The van der Waals surface area contributed by atoms with E-state index in [1.54, 1.807) is 0 Å². The lowest BCUT2D eigenvalue weighted by atomic mass is 9.66. The van der Waals surface area contributed by atoms with Crippen LogP contribution in [0.2, 0.25) is 0 Å². The molecule has 0 unspecified atom stereocenters. The fraction of sp³-hybridized carbons (Fsp3) is 0.467. The van der Waals surface area contributed by atoms with Crippen LogP contribution in [-0.2, 0) is 16.2 Å². The van der Waals surface area contributed by atoms with Crippen LogP contribution >= 0.6 is 0 Å². The minimum Gasteiger partial charge on any atom is -0.494 e. The summed E-state index contributed by atoms with van der Waals surface area (Å²) in [5.74, 6) is 1.88. The van der Waals surface area contributed by atoms with Crippen LogP contribution in [-0.4, -0.2) is 13.2 Å². The third kappa shape index (κ3) is 7.48. The van der Waals surface area contributed by atoms with Crippen LogP contribution in [0.25, 0.3) is 11.1 Å². The molecule has 5 rings (SSSR count). The zero-order chi connectivity index (χ0) is 33.7. The van der Waals surface area contributed by atoms with Gasteiger partial charge in [-0.05, 0) is 92.4 Å². The predicted octanol–water partition coefficient (Wildman–Crippen LogP) is 12.6. The van der Waals surface area contributed by atoms with Crippen LogP contribution in [0.15, 0.2) is 84.9 Å². The Labute approximate surface area is 285 Å². The number of hydrogen-bond donors (Lipinski definition) is 0. The van der Waals surface area contributed by atoms with Gasteiger partial charge in [0.05, 0.1) is 18.6 Å². The number of fused-ring (bicyclic) bond motifs is 3. The van der Waals surface area contributed by atoms with E-state index >= 15 is 0 Å². The summed E-state index contributed by atoms with van der Waals surface area (Å²) in [6.07, 6.45) is 9.63. The molecular formula is C45H58O2. The summed E-state index contributed by atoms with van der Waals surface area (Å²) in [6.45, 7) is 19.9. The Kier molecular flexibility index (Phi) is 10.9. The quantitative estimate of drug-likeness (QED) is 0.114. The van der Waals surface area contributed by atoms with E-state index < -0.39 is 5.41 Å². The first-order chi connectivity index (χ1) is 22.5. The molecule has 0 radical (unpaired) electrons. The molecule has 0 aromatic heterocycles. The lowest BCUT2D eigenvalue weighted by Gasteiger charge is -2.35. The molecule has 0 heterocycles. The van der Waals surface area contributed by atoms with Crippen molar-refractivity contribution in [2.75, 3.05) is 13.2 Å². The number of unbranched alkanes of at least 4 members (excludes halogenated alkanes) is 6. The Balaban J connectivity index is 1.67. The van der Waals surface area contributed by atoms with Crippen molar-refractivity contribution in [3.05, 3.63) is 118 Å². The fourth-order valence-corrected chi connectivity index (χ4v) is 7.09. The lowest BCUT2D eigenvalue weighted by molar-refractivity contribution is 0.305. The van der Waals surface area contributed by atoms with E-state index in [1.807, 2.05) is 0 Å². The van der Waals surface area contributed by atoms with Crippen molar-refractivity contribution < 1.29 is 9.47 Å². The highest BCUT2D eigenvalue weighted by Gasteiger charge is 2.47. The molecule has 1 aliphatic carbocycles. The molecule has 0 atom stereocenters. The summed E-state index contributed by atoms with van der Waals surface area (Å²) in [5.41, 5.74) is 10.1. The monoisotopic (exact) mass is 630 g/mol. The fourth-order valence-electron chi connectivity index (χ4n) is 7.09. The molecule has 2 nitrogen and oxygen atoms in total.